The molecule has 1 aromatic carbocycles. The largest absolute Gasteiger partial charge is 0.345 e. The van der Waals surface area contributed by atoms with Crippen LogP contribution in [-0.2, 0) is 4.84 Å². The number of H-pyrrole nitrogens is 1. The van der Waals surface area contributed by atoms with E-state index in [2.05, 4.69) is 9.97 Å². The van der Waals surface area contributed by atoms with E-state index in [0.717, 1.165) is 11.0 Å². The van der Waals surface area contributed by atoms with Crippen LogP contribution in [0.25, 0.3) is 11.0 Å². The molecule has 5 nitrogen and oxygen atoms in total. The lowest BCUT2D eigenvalue weighted by molar-refractivity contribution is -0.101. The van der Waals surface area contributed by atoms with E-state index in [0.29, 0.717) is 18.0 Å². The van der Waals surface area contributed by atoms with Crippen molar-refractivity contribution in [3.8, 4) is 0 Å². The lowest BCUT2D eigenvalue weighted by Gasteiger charge is -2.21. The Morgan fingerprint density at radius 1 is 1.50 bits per heavy atom. The van der Waals surface area contributed by atoms with Crippen LogP contribution in [-0.4, -0.2) is 34.6 Å². The fraction of sp³-hybridized carbons (Fsp3) is 0.385. The van der Waals surface area contributed by atoms with Crippen LogP contribution in [0.2, 0.25) is 0 Å². The Kier molecular flexibility index (Phi) is 3.62. The van der Waals surface area contributed by atoms with Crippen LogP contribution in [0.5, 0.6) is 0 Å². The third-order valence-corrected chi connectivity index (χ3v) is 2.65. The first-order valence-corrected chi connectivity index (χ1v) is 5.91. The average molecular weight is 247 g/mol. The molecule has 1 amide bonds. The monoisotopic (exact) mass is 247 g/mol. The van der Waals surface area contributed by atoms with Gasteiger partial charge in [0.15, 0.2) is 0 Å². The number of aromatic amines is 1. The Bertz CT molecular complexity index is 548. The van der Waals surface area contributed by atoms with Crippen LogP contribution in [0.1, 0.15) is 24.2 Å². The number of hydroxylamine groups is 2. The van der Waals surface area contributed by atoms with Gasteiger partial charge >= 0.3 is 0 Å². The lowest BCUT2D eigenvalue weighted by atomic mass is 10.1. The van der Waals surface area contributed by atoms with Crippen LogP contribution in [0, 0.1) is 5.92 Å². The van der Waals surface area contributed by atoms with Crippen molar-refractivity contribution >= 4 is 16.9 Å². The molecule has 0 atom stereocenters. The SMILES string of the molecule is CON(CC(C)C)C(=O)c1ccc2nc[nH]c2c1. The summed E-state index contributed by atoms with van der Waals surface area (Å²) in [5.74, 6) is 0.215. The number of amides is 1. The summed E-state index contributed by atoms with van der Waals surface area (Å²) in [7, 11) is 1.51. The highest BCUT2D eigenvalue weighted by Crippen LogP contribution is 2.14. The predicted molar refractivity (Wildman–Crippen MR) is 69.0 cm³/mol. The Morgan fingerprint density at radius 3 is 2.94 bits per heavy atom. The number of hydrogen-bond donors (Lipinski definition) is 1. The van der Waals surface area contributed by atoms with Crippen molar-refractivity contribution in [2.24, 2.45) is 5.92 Å². The number of hydrogen-bond acceptors (Lipinski definition) is 3. The van der Waals surface area contributed by atoms with Gasteiger partial charge in [0.05, 0.1) is 31.0 Å². The Labute approximate surface area is 106 Å². The molecule has 2 aromatic rings. The molecule has 0 radical (unpaired) electrons. The number of carbonyl (C=O) groups is 1. The summed E-state index contributed by atoms with van der Waals surface area (Å²) in [6.07, 6.45) is 1.61. The topological polar surface area (TPSA) is 58.2 Å². The highest BCUT2D eigenvalue weighted by molar-refractivity contribution is 5.96. The molecule has 5 heteroatoms. The van der Waals surface area contributed by atoms with E-state index in [4.69, 9.17) is 4.84 Å². The first kappa shape index (κ1) is 12.6. The normalized spacial score (nSPS) is 11.1. The summed E-state index contributed by atoms with van der Waals surface area (Å²) in [5.41, 5.74) is 2.29. The Balaban J connectivity index is 2.25. The van der Waals surface area contributed by atoms with Gasteiger partial charge in [0.1, 0.15) is 0 Å². The second kappa shape index (κ2) is 5.18. The minimum Gasteiger partial charge on any atom is -0.345 e. The molecular formula is C13H17N3O2. The first-order chi connectivity index (χ1) is 8.61. The maximum absolute atomic E-state index is 12.2. The van der Waals surface area contributed by atoms with E-state index in [-0.39, 0.29) is 5.91 Å². The average Bonchev–Trinajstić information content (AvgIpc) is 2.81. The molecule has 0 aliphatic rings. The fourth-order valence-electron chi connectivity index (χ4n) is 1.78. The summed E-state index contributed by atoms with van der Waals surface area (Å²) in [6, 6.07) is 5.37. The van der Waals surface area contributed by atoms with Crippen LogP contribution >= 0.6 is 0 Å². The van der Waals surface area contributed by atoms with Gasteiger partial charge in [0, 0.05) is 5.56 Å². The molecule has 1 heterocycles. The van der Waals surface area contributed by atoms with Gasteiger partial charge in [-0.1, -0.05) is 13.8 Å². The summed E-state index contributed by atoms with van der Waals surface area (Å²) < 4.78 is 0. The maximum atomic E-state index is 12.2. The highest BCUT2D eigenvalue weighted by atomic mass is 16.7. The molecule has 0 aliphatic heterocycles. The predicted octanol–water partition coefficient (Wildman–Crippen LogP) is 2.22. The zero-order chi connectivity index (χ0) is 13.1. The molecule has 1 N–H and O–H groups in total. The summed E-state index contributed by atoms with van der Waals surface area (Å²) in [4.78, 5) is 24.5. The zero-order valence-corrected chi connectivity index (χ0v) is 10.8. The Morgan fingerprint density at radius 2 is 2.28 bits per heavy atom. The van der Waals surface area contributed by atoms with Gasteiger partial charge in [-0.3, -0.25) is 9.63 Å². The number of fused-ring (bicyclic) bond motifs is 1. The number of nitrogens with zero attached hydrogens (tertiary/aromatic N) is 2. The van der Waals surface area contributed by atoms with Crippen LogP contribution < -0.4 is 0 Å². The van der Waals surface area contributed by atoms with E-state index in [1.54, 1.807) is 18.5 Å². The molecule has 0 unspecified atom stereocenters. The van der Waals surface area contributed by atoms with E-state index in [1.165, 1.54) is 12.2 Å². The standard InChI is InChI=1S/C13H17N3O2/c1-9(2)7-16(18-3)13(17)10-4-5-11-12(6-10)15-8-14-11/h4-6,8-9H,7H2,1-3H3,(H,14,15). The van der Waals surface area contributed by atoms with Gasteiger partial charge in [0.2, 0.25) is 0 Å². The van der Waals surface area contributed by atoms with Crippen molar-refractivity contribution < 1.29 is 9.63 Å². The van der Waals surface area contributed by atoms with Gasteiger partial charge in [-0.15, -0.1) is 0 Å². The molecule has 0 spiro atoms. The summed E-state index contributed by atoms with van der Waals surface area (Å²) in [5, 5.41) is 1.38. The molecular weight excluding hydrogens is 230 g/mol. The molecule has 0 aliphatic carbocycles. The number of carbonyl (C=O) groups excluding carboxylic acids is 1. The summed E-state index contributed by atoms with van der Waals surface area (Å²) in [6.45, 7) is 4.64. The number of nitrogens with one attached hydrogen (secondary N) is 1. The van der Waals surface area contributed by atoms with Crippen molar-refractivity contribution in [3.63, 3.8) is 0 Å². The maximum Gasteiger partial charge on any atom is 0.277 e. The van der Waals surface area contributed by atoms with Gasteiger partial charge in [0.25, 0.3) is 5.91 Å². The van der Waals surface area contributed by atoms with E-state index in [9.17, 15) is 4.79 Å². The summed E-state index contributed by atoms with van der Waals surface area (Å²) >= 11 is 0. The van der Waals surface area contributed by atoms with Crippen molar-refractivity contribution in [1.82, 2.24) is 15.0 Å². The molecule has 0 fully saturated rings. The minimum absolute atomic E-state index is 0.136. The molecule has 0 saturated heterocycles. The van der Waals surface area contributed by atoms with Crippen molar-refractivity contribution in [1.29, 1.82) is 0 Å². The minimum atomic E-state index is -0.136. The number of aromatic nitrogens is 2. The number of rotatable bonds is 4. The van der Waals surface area contributed by atoms with Gasteiger partial charge in [-0.25, -0.2) is 10.0 Å². The third kappa shape index (κ3) is 2.51. The quantitative estimate of drug-likeness (QED) is 0.843. The van der Waals surface area contributed by atoms with Crippen molar-refractivity contribution in [2.45, 2.75) is 13.8 Å². The van der Waals surface area contributed by atoms with E-state index >= 15 is 0 Å². The molecule has 2 rings (SSSR count). The van der Waals surface area contributed by atoms with Crippen LogP contribution in [0.3, 0.4) is 0 Å². The molecule has 1 aromatic heterocycles. The molecule has 18 heavy (non-hydrogen) atoms. The second-order valence-electron chi connectivity index (χ2n) is 4.58. The van der Waals surface area contributed by atoms with Crippen molar-refractivity contribution in [3.05, 3.63) is 30.1 Å². The fourth-order valence-corrected chi connectivity index (χ4v) is 1.78. The van der Waals surface area contributed by atoms with Gasteiger partial charge in [-0.05, 0) is 24.1 Å². The third-order valence-electron chi connectivity index (χ3n) is 2.65. The molecule has 0 saturated carbocycles. The Hall–Kier alpha value is -1.88. The van der Waals surface area contributed by atoms with Crippen LogP contribution in [0.15, 0.2) is 24.5 Å². The van der Waals surface area contributed by atoms with E-state index in [1.807, 2.05) is 19.9 Å². The second-order valence-corrected chi connectivity index (χ2v) is 4.58. The zero-order valence-electron chi connectivity index (χ0n) is 10.8. The highest BCUT2D eigenvalue weighted by Gasteiger charge is 2.17. The van der Waals surface area contributed by atoms with E-state index < -0.39 is 0 Å². The van der Waals surface area contributed by atoms with Gasteiger partial charge < -0.3 is 4.98 Å². The smallest absolute Gasteiger partial charge is 0.277 e. The van der Waals surface area contributed by atoms with Crippen LogP contribution in [0.4, 0.5) is 0 Å². The number of benzene rings is 1. The van der Waals surface area contributed by atoms with Gasteiger partial charge in [-0.2, -0.15) is 0 Å². The molecule has 0 bridgehead atoms. The number of imidazole rings is 1. The first-order valence-electron chi connectivity index (χ1n) is 5.91. The van der Waals surface area contributed by atoms with Crippen molar-refractivity contribution in [2.75, 3.05) is 13.7 Å². The molecule has 96 valence electrons. The lowest BCUT2D eigenvalue weighted by Crippen LogP contribution is -2.33.